The maximum absolute atomic E-state index is 5.83. The van der Waals surface area contributed by atoms with Crippen LogP contribution < -0.4 is 0 Å². The van der Waals surface area contributed by atoms with E-state index in [1.165, 1.54) is 5.56 Å². The molecule has 0 bridgehead atoms. The Morgan fingerprint density at radius 2 is 1.92 bits per heavy atom. The molecule has 5 heteroatoms. The number of likely N-dealkylation sites (N-methyl/N-ethyl adjacent to an activating group) is 1. The molecule has 0 N–H and O–H groups in total. The van der Waals surface area contributed by atoms with Crippen molar-refractivity contribution in [2.45, 2.75) is 6.54 Å². The second kappa shape index (κ2) is 7.71. The molecule has 2 heterocycles. The van der Waals surface area contributed by atoms with Crippen LogP contribution in [0.25, 0.3) is 21.8 Å². The number of pyridine rings is 1. The van der Waals surface area contributed by atoms with Gasteiger partial charge < -0.3 is 0 Å². The number of aromatic nitrogens is 2. The largest absolute Gasteiger partial charge is 0.298 e. The summed E-state index contributed by atoms with van der Waals surface area (Å²) in [5, 5.41) is 3.51. The first-order valence-electron chi connectivity index (χ1n) is 7.62. The van der Waals surface area contributed by atoms with Gasteiger partial charge in [0.05, 0.1) is 5.69 Å². The van der Waals surface area contributed by atoms with Crippen LogP contribution in [0, 0.1) is 0 Å². The molecule has 0 aliphatic heterocycles. The highest BCUT2D eigenvalue weighted by molar-refractivity contribution is 7.13. The van der Waals surface area contributed by atoms with Crippen LogP contribution in [0.3, 0.4) is 0 Å². The molecule has 2 aromatic heterocycles. The lowest BCUT2D eigenvalue weighted by Gasteiger charge is -2.14. The quantitative estimate of drug-likeness (QED) is 0.452. The lowest BCUT2D eigenvalue weighted by Crippen LogP contribution is -2.17. The van der Waals surface area contributed by atoms with Crippen molar-refractivity contribution in [2.75, 3.05) is 13.6 Å². The van der Waals surface area contributed by atoms with Crippen molar-refractivity contribution in [3.63, 3.8) is 0 Å². The molecule has 3 aromatic rings. The van der Waals surface area contributed by atoms with Gasteiger partial charge in [-0.1, -0.05) is 41.9 Å². The summed E-state index contributed by atoms with van der Waals surface area (Å²) in [6.45, 7) is 5.56. The first kappa shape index (κ1) is 16.8. The van der Waals surface area contributed by atoms with E-state index in [-0.39, 0.29) is 0 Å². The Bertz CT molecular complexity index is 809. The van der Waals surface area contributed by atoms with Gasteiger partial charge in [-0.15, -0.1) is 17.9 Å². The standard InChI is InChI=1S/C19H18ClN3S/c1-3-10-23(2)12-14-4-6-15(7-5-14)17-13-24-19(22-17)16-8-9-18(20)21-11-16/h3-9,11,13H,1,10,12H2,2H3. The molecule has 0 aliphatic rings. The van der Waals surface area contributed by atoms with E-state index in [4.69, 9.17) is 16.6 Å². The van der Waals surface area contributed by atoms with Crippen LogP contribution in [-0.4, -0.2) is 28.5 Å². The normalized spacial score (nSPS) is 11.0. The summed E-state index contributed by atoms with van der Waals surface area (Å²) in [7, 11) is 2.09. The molecule has 122 valence electrons. The van der Waals surface area contributed by atoms with Gasteiger partial charge in [-0.2, -0.15) is 0 Å². The second-order valence-corrected chi connectivity index (χ2v) is 6.84. The third-order valence-electron chi connectivity index (χ3n) is 3.62. The monoisotopic (exact) mass is 355 g/mol. The van der Waals surface area contributed by atoms with E-state index in [0.717, 1.165) is 34.9 Å². The van der Waals surface area contributed by atoms with Crippen molar-refractivity contribution >= 4 is 22.9 Å². The van der Waals surface area contributed by atoms with Crippen LogP contribution in [0.1, 0.15) is 5.56 Å². The van der Waals surface area contributed by atoms with E-state index < -0.39 is 0 Å². The van der Waals surface area contributed by atoms with Crippen LogP contribution in [0.2, 0.25) is 5.15 Å². The zero-order valence-corrected chi connectivity index (χ0v) is 15.0. The van der Waals surface area contributed by atoms with Crippen molar-refractivity contribution in [3.05, 3.63) is 71.3 Å². The summed E-state index contributed by atoms with van der Waals surface area (Å²) in [5.41, 5.74) is 4.37. The number of hydrogen-bond acceptors (Lipinski definition) is 4. The lowest BCUT2D eigenvalue weighted by atomic mass is 10.1. The molecule has 1 aromatic carbocycles. The first-order chi connectivity index (χ1) is 11.7. The van der Waals surface area contributed by atoms with Crippen molar-refractivity contribution in [2.24, 2.45) is 0 Å². The number of thiazole rings is 1. The molecule has 0 saturated carbocycles. The summed E-state index contributed by atoms with van der Waals surface area (Å²) in [6.07, 6.45) is 3.67. The Labute approximate surface area is 151 Å². The maximum atomic E-state index is 5.83. The number of rotatable bonds is 6. The number of hydrogen-bond donors (Lipinski definition) is 0. The number of halogens is 1. The van der Waals surface area contributed by atoms with Gasteiger partial charge in [-0.3, -0.25) is 4.90 Å². The molecule has 0 unspecified atom stereocenters. The molecule has 0 aliphatic carbocycles. The van der Waals surface area contributed by atoms with Crippen LogP contribution in [0.15, 0.2) is 60.6 Å². The smallest absolute Gasteiger partial charge is 0.129 e. The SMILES string of the molecule is C=CCN(C)Cc1ccc(-c2csc(-c3ccc(Cl)nc3)n2)cc1. The number of benzene rings is 1. The molecule has 0 fully saturated rings. The minimum atomic E-state index is 0.493. The Morgan fingerprint density at radius 3 is 2.58 bits per heavy atom. The summed E-state index contributed by atoms with van der Waals surface area (Å²) in [6, 6.07) is 12.3. The molecule has 0 radical (unpaired) electrons. The molecular weight excluding hydrogens is 338 g/mol. The van der Waals surface area contributed by atoms with E-state index in [0.29, 0.717) is 5.15 Å². The first-order valence-corrected chi connectivity index (χ1v) is 8.87. The molecule has 3 rings (SSSR count). The highest BCUT2D eigenvalue weighted by Gasteiger charge is 2.07. The van der Waals surface area contributed by atoms with E-state index in [1.807, 2.05) is 12.1 Å². The fourth-order valence-electron chi connectivity index (χ4n) is 2.42. The third kappa shape index (κ3) is 4.09. The average Bonchev–Trinajstić information content (AvgIpc) is 3.06. The Morgan fingerprint density at radius 1 is 1.17 bits per heavy atom. The summed E-state index contributed by atoms with van der Waals surface area (Å²) >= 11 is 7.45. The molecule has 0 spiro atoms. The zero-order valence-electron chi connectivity index (χ0n) is 13.4. The van der Waals surface area contributed by atoms with Crippen molar-refractivity contribution in [1.29, 1.82) is 0 Å². The molecular formula is C19H18ClN3S. The highest BCUT2D eigenvalue weighted by Crippen LogP contribution is 2.29. The van der Waals surface area contributed by atoms with E-state index in [9.17, 15) is 0 Å². The van der Waals surface area contributed by atoms with Crippen LogP contribution in [-0.2, 0) is 6.54 Å². The van der Waals surface area contributed by atoms with Gasteiger partial charge in [-0.05, 0) is 24.7 Å². The molecule has 0 atom stereocenters. The van der Waals surface area contributed by atoms with Gasteiger partial charge in [0, 0.05) is 35.8 Å². The van der Waals surface area contributed by atoms with E-state index >= 15 is 0 Å². The van der Waals surface area contributed by atoms with Crippen LogP contribution in [0.4, 0.5) is 0 Å². The Kier molecular flexibility index (Phi) is 5.41. The topological polar surface area (TPSA) is 29.0 Å². The van der Waals surface area contributed by atoms with E-state index in [2.05, 4.69) is 53.2 Å². The third-order valence-corrected chi connectivity index (χ3v) is 4.74. The Balaban J connectivity index is 1.75. The van der Waals surface area contributed by atoms with Crippen molar-refractivity contribution < 1.29 is 0 Å². The Hall–Kier alpha value is -2.01. The zero-order chi connectivity index (χ0) is 16.9. The molecule has 0 amide bonds. The highest BCUT2D eigenvalue weighted by atomic mass is 35.5. The predicted octanol–water partition coefficient (Wildman–Crippen LogP) is 5.14. The van der Waals surface area contributed by atoms with Gasteiger partial charge in [0.1, 0.15) is 10.2 Å². The van der Waals surface area contributed by atoms with Crippen molar-refractivity contribution in [1.82, 2.24) is 14.9 Å². The molecule has 0 saturated heterocycles. The molecule has 24 heavy (non-hydrogen) atoms. The van der Waals surface area contributed by atoms with E-state index in [1.54, 1.807) is 23.6 Å². The van der Waals surface area contributed by atoms with Crippen LogP contribution in [0.5, 0.6) is 0 Å². The predicted molar refractivity (Wildman–Crippen MR) is 102 cm³/mol. The summed E-state index contributed by atoms with van der Waals surface area (Å²) in [4.78, 5) is 11.0. The number of nitrogens with zero attached hydrogens (tertiary/aromatic N) is 3. The minimum Gasteiger partial charge on any atom is -0.298 e. The fraction of sp³-hybridized carbons (Fsp3) is 0.158. The van der Waals surface area contributed by atoms with Crippen LogP contribution >= 0.6 is 22.9 Å². The van der Waals surface area contributed by atoms with Gasteiger partial charge in [0.15, 0.2) is 0 Å². The van der Waals surface area contributed by atoms with Gasteiger partial charge in [0.25, 0.3) is 0 Å². The summed E-state index contributed by atoms with van der Waals surface area (Å²) < 4.78 is 0. The second-order valence-electron chi connectivity index (χ2n) is 5.59. The molecule has 3 nitrogen and oxygen atoms in total. The summed E-state index contributed by atoms with van der Waals surface area (Å²) in [5.74, 6) is 0. The lowest BCUT2D eigenvalue weighted by molar-refractivity contribution is 0.364. The van der Waals surface area contributed by atoms with Gasteiger partial charge in [0.2, 0.25) is 0 Å². The minimum absolute atomic E-state index is 0.493. The van der Waals surface area contributed by atoms with Crippen molar-refractivity contribution in [3.8, 4) is 21.8 Å². The average molecular weight is 356 g/mol. The van der Waals surface area contributed by atoms with Gasteiger partial charge >= 0.3 is 0 Å². The maximum Gasteiger partial charge on any atom is 0.129 e. The van der Waals surface area contributed by atoms with Gasteiger partial charge in [-0.25, -0.2) is 9.97 Å². The fourth-order valence-corrected chi connectivity index (χ4v) is 3.35.